The number of aryl methyl sites for hydroxylation is 1. The second-order valence-corrected chi connectivity index (χ2v) is 7.62. The van der Waals surface area contributed by atoms with E-state index in [9.17, 15) is 9.59 Å². The highest BCUT2D eigenvalue weighted by Crippen LogP contribution is 2.14. The molecule has 1 fully saturated rings. The highest BCUT2D eigenvalue weighted by Gasteiger charge is 2.24. The van der Waals surface area contributed by atoms with Crippen molar-refractivity contribution in [3.05, 3.63) is 84.2 Å². The summed E-state index contributed by atoms with van der Waals surface area (Å²) in [7, 11) is 0. The zero-order chi connectivity index (χ0) is 20.8. The smallest absolute Gasteiger partial charge is 0.251 e. The number of aromatic nitrogens is 2. The Labute approximate surface area is 176 Å². The zero-order valence-corrected chi connectivity index (χ0v) is 16.9. The van der Waals surface area contributed by atoms with Gasteiger partial charge in [0.05, 0.1) is 11.9 Å². The number of nitrogens with one attached hydrogen (secondary N) is 1. The van der Waals surface area contributed by atoms with E-state index in [4.69, 9.17) is 0 Å². The van der Waals surface area contributed by atoms with Crippen LogP contribution in [0.1, 0.15) is 35.2 Å². The van der Waals surface area contributed by atoms with Gasteiger partial charge in [0.15, 0.2) is 0 Å². The van der Waals surface area contributed by atoms with Crippen molar-refractivity contribution in [1.29, 1.82) is 0 Å². The number of hydrogen-bond acceptors (Lipinski definition) is 3. The summed E-state index contributed by atoms with van der Waals surface area (Å²) in [5.74, 6) is 0.117. The number of nitrogens with zero attached hydrogens (tertiary/aromatic N) is 3. The van der Waals surface area contributed by atoms with Gasteiger partial charge in [0.25, 0.3) is 5.91 Å². The van der Waals surface area contributed by atoms with E-state index >= 15 is 0 Å². The van der Waals surface area contributed by atoms with Crippen LogP contribution in [-0.4, -0.2) is 45.6 Å². The molecule has 1 aromatic heterocycles. The number of para-hydroxylation sites is 1. The SMILES string of the molecule is O=C(NC1CCN(C(=O)CCc2cnn(-c3ccccc3)c2)CC1)c1ccccc1. The fraction of sp³-hybridized carbons (Fsp3) is 0.292. The van der Waals surface area contributed by atoms with E-state index in [2.05, 4.69) is 10.4 Å². The molecule has 0 spiro atoms. The van der Waals surface area contributed by atoms with Crippen molar-refractivity contribution < 1.29 is 9.59 Å². The van der Waals surface area contributed by atoms with Crippen LogP contribution in [0.15, 0.2) is 73.1 Å². The van der Waals surface area contributed by atoms with E-state index in [0.717, 1.165) is 24.1 Å². The molecule has 0 unspecified atom stereocenters. The van der Waals surface area contributed by atoms with Crippen LogP contribution in [0.5, 0.6) is 0 Å². The van der Waals surface area contributed by atoms with Crippen molar-refractivity contribution in [1.82, 2.24) is 20.0 Å². The molecule has 4 rings (SSSR count). The van der Waals surface area contributed by atoms with Crippen molar-refractivity contribution in [3.63, 3.8) is 0 Å². The van der Waals surface area contributed by atoms with Crippen molar-refractivity contribution >= 4 is 11.8 Å². The number of piperidine rings is 1. The molecule has 2 amide bonds. The number of likely N-dealkylation sites (tertiary alicyclic amines) is 1. The first-order valence-corrected chi connectivity index (χ1v) is 10.4. The van der Waals surface area contributed by atoms with Crippen molar-refractivity contribution in [2.75, 3.05) is 13.1 Å². The van der Waals surface area contributed by atoms with Gasteiger partial charge in [-0.1, -0.05) is 36.4 Å². The molecule has 0 bridgehead atoms. The van der Waals surface area contributed by atoms with E-state index in [0.29, 0.717) is 31.5 Å². The highest BCUT2D eigenvalue weighted by molar-refractivity contribution is 5.94. The van der Waals surface area contributed by atoms with Crippen LogP contribution in [0.25, 0.3) is 5.69 Å². The van der Waals surface area contributed by atoms with Crippen LogP contribution in [0.2, 0.25) is 0 Å². The molecule has 0 atom stereocenters. The summed E-state index contributed by atoms with van der Waals surface area (Å²) < 4.78 is 1.83. The van der Waals surface area contributed by atoms with Crippen molar-refractivity contribution in [2.45, 2.75) is 31.7 Å². The number of amides is 2. The third-order valence-corrected chi connectivity index (χ3v) is 5.50. The van der Waals surface area contributed by atoms with Gasteiger partial charge < -0.3 is 10.2 Å². The van der Waals surface area contributed by atoms with Crippen molar-refractivity contribution in [2.24, 2.45) is 0 Å². The molecule has 1 aliphatic rings. The van der Waals surface area contributed by atoms with Crippen LogP contribution in [0.4, 0.5) is 0 Å². The maximum Gasteiger partial charge on any atom is 0.251 e. The predicted octanol–water partition coefficient (Wildman–Crippen LogP) is 3.23. The Morgan fingerprint density at radius 2 is 1.63 bits per heavy atom. The lowest BCUT2D eigenvalue weighted by Gasteiger charge is -2.32. The molecule has 3 aromatic rings. The number of hydrogen-bond donors (Lipinski definition) is 1. The Balaban J connectivity index is 1.22. The quantitative estimate of drug-likeness (QED) is 0.688. The first kappa shape index (κ1) is 19.9. The highest BCUT2D eigenvalue weighted by atomic mass is 16.2. The number of carbonyl (C=O) groups is 2. The van der Waals surface area contributed by atoms with Crippen LogP contribution >= 0.6 is 0 Å². The van der Waals surface area contributed by atoms with Crippen LogP contribution in [0, 0.1) is 0 Å². The second kappa shape index (κ2) is 9.39. The van der Waals surface area contributed by atoms with Gasteiger partial charge in [0.2, 0.25) is 5.91 Å². The van der Waals surface area contributed by atoms with Crippen LogP contribution in [0.3, 0.4) is 0 Å². The first-order valence-electron chi connectivity index (χ1n) is 10.4. The molecule has 6 nitrogen and oxygen atoms in total. The normalized spacial score (nSPS) is 14.5. The lowest BCUT2D eigenvalue weighted by atomic mass is 10.0. The molecule has 1 saturated heterocycles. The Morgan fingerprint density at radius 1 is 0.967 bits per heavy atom. The summed E-state index contributed by atoms with van der Waals surface area (Å²) in [6, 6.07) is 19.3. The lowest BCUT2D eigenvalue weighted by molar-refractivity contribution is -0.132. The summed E-state index contributed by atoms with van der Waals surface area (Å²) in [5.41, 5.74) is 2.74. The molecule has 30 heavy (non-hydrogen) atoms. The zero-order valence-electron chi connectivity index (χ0n) is 16.9. The third-order valence-electron chi connectivity index (χ3n) is 5.50. The fourth-order valence-corrected chi connectivity index (χ4v) is 3.75. The molecule has 0 radical (unpaired) electrons. The summed E-state index contributed by atoms with van der Waals surface area (Å²) in [4.78, 5) is 26.8. The Kier molecular flexibility index (Phi) is 6.23. The van der Waals surface area contributed by atoms with E-state index in [1.54, 1.807) is 0 Å². The Hall–Kier alpha value is -3.41. The Bertz CT molecular complexity index is 977. The second-order valence-electron chi connectivity index (χ2n) is 7.62. The molecule has 154 valence electrons. The van der Waals surface area contributed by atoms with Gasteiger partial charge in [0, 0.05) is 37.3 Å². The van der Waals surface area contributed by atoms with Gasteiger partial charge in [-0.3, -0.25) is 9.59 Å². The maximum atomic E-state index is 12.6. The van der Waals surface area contributed by atoms with E-state index < -0.39 is 0 Å². The van der Waals surface area contributed by atoms with Crippen LogP contribution < -0.4 is 5.32 Å². The molecule has 2 aromatic carbocycles. The molecule has 0 aliphatic carbocycles. The number of rotatable bonds is 6. The van der Waals surface area contributed by atoms with Gasteiger partial charge >= 0.3 is 0 Å². The van der Waals surface area contributed by atoms with E-state index in [-0.39, 0.29) is 17.9 Å². The summed E-state index contributed by atoms with van der Waals surface area (Å²) in [6.07, 6.45) is 6.53. The minimum absolute atomic E-state index is 0.0456. The average molecular weight is 402 g/mol. The lowest BCUT2D eigenvalue weighted by Crippen LogP contribution is -2.46. The summed E-state index contributed by atoms with van der Waals surface area (Å²) in [5, 5.41) is 7.47. The molecular weight excluding hydrogens is 376 g/mol. The molecule has 1 aliphatic heterocycles. The molecule has 2 heterocycles. The third kappa shape index (κ3) is 4.95. The molecular formula is C24H26N4O2. The van der Waals surface area contributed by atoms with Crippen LogP contribution in [-0.2, 0) is 11.2 Å². The summed E-state index contributed by atoms with van der Waals surface area (Å²) in [6.45, 7) is 1.36. The first-order chi connectivity index (χ1) is 14.7. The molecule has 1 N–H and O–H groups in total. The van der Waals surface area contributed by atoms with Crippen molar-refractivity contribution in [3.8, 4) is 5.69 Å². The van der Waals surface area contributed by atoms with Gasteiger partial charge in [-0.05, 0) is 49.1 Å². The molecule has 0 saturated carbocycles. The van der Waals surface area contributed by atoms with Gasteiger partial charge in [-0.25, -0.2) is 4.68 Å². The minimum Gasteiger partial charge on any atom is -0.349 e. The molecule has 6 heteroatoms. The van der Waals surface area contributed by atoms with E-state index in [1.807, 2.05) is 82.6 Å². The van der Waals surface area contributed by atoms with Gasteiger partial charge in [-0.15, -0.1) is 0 Å². The van der Waals surface area contributed by atoms with E-state index in [1.165, 1.54) is 0 Å². The number of carbonyl (C=O) groups excluding carboxylic acids is 2. The summed E-state index contributed by atoms with van der Waals surface area (Å²) >= 11 is 0. The Morgan fingerprint density at radius 3 is 2.33 bits per heavy atom. The largest absolute Gasteiger partial charge is 0.349 e. The maximum absolute atomic E-state index is 12.6. The van der Waals surface area contributed by atoms with Gasteiger partial charge in [0.1, 0.15) is 0 Å². The fourth-order valence-electron chi connectivity index (χ4n) is 3.75. The number of benzene rings is 2. The average Bonchev–Trinajstić information content (AvgIpc) is 3.28. The monoisotopic (exact) mass is 402 g/mol. The van der Waals surface area contributed by atoms with Gasteiger partial charge in [-0.2, -0.15) is 5.10 Å². The standard InChI is InChI=1S/C24H26N4O2/c29-23(12-11-19-17-25-28(18-19)22-9-5-2-6-10-22)27-15-13-21(14-16-27)26-24(30)20-7-3-1-4-8-20/h1-10,17-18,21H,11-16H2,(H,26,30). The minimum atomic E-state index is -0.0456. The topological polar surface area (TPSA) is 67.2 Å². The predicted molar refractivity (Wildman–Crippen MR) is 115 cm³/mol.